The van der Waals surface area contributed by atoms with E-state index in [1.54, 1.807) is 30.5 Å². The third-order valence-corrected chi connectivity index (χ3v) is 4.54. The minimum Gasteiger partial charge on any atom is -0.497 e. The van der Waals surface area contributed by atoms with Crippen LogP contribution < -0.4 is 20.1 Å². The first-order valence-electron chi connectivity index (χ1n) is 8.11. The molecule has 2 rings (SSSR count). The summed E-state index contributed by atoms with van der Waals surface area (Å²) in [4.78, 5) is 4.17. The van der Waals surface area contributed by atoms with Crippen LogP contribution in [0, 0.1) is 0 Å². The molecule has 1 heterocycles. The van der Waals surface area contributed by atoms with E-state index < -0.39 is 6.61 Å². The number of halogens is 3. The molecular formula is C18H24F2IN3O2S. The van der Waals surface area contributed by atoms with Crippen molar-refractivity contribution in [2.24, 2.45) is 4.99 Å². The van der Waals surface area contributed by atoms with E-state index in [2.05, 4.69) is 38.7 Å². The van der Waals surface area contributed by atoms with Crippen molar-refractivity contribution >= 4 is 41.3 Å². The van der Waals surface area contributed by atoms with Gasteiger partial charge in [-0.05, 0) is 46.5 Å². The van der Waals surface area contributed by atoms with Crippen molar-refractivity contribution in [1.29, 1.82) is 0 Å². The Morgan fingerprint density at radius 3 is 2.63 bits per heavy atom. The average Bonchev–Trinajstić information content (AvgIpc) is 3.17. The third-order valence-electron chi connectivity index (χ3n) is 3.84. The smallest absolute Gasteiger partial charge is 0.387 e. The maximum Gasteiger partial charge on any atom is 0.387 e. The summed E-state index contributed by atoms with van der Waals surface area (Å²) in [7, 11) is 3.18. The molecule has 0 radical (unpaired) electrons. The van der Waals surface area contributed by atoms with Gasteiger partial charge in [0.05, 0.1) is 7.11 Å². The number of nitrogens with one attached hydrogen (secondary N) is 2. The molecule has 1 atom stereocenters. The van der Waals surface area contributed by atoms with Gasteiger partial charge in [-0.3, -0.25) is 4.99 Å². The van der Waals surface area contributed by atoms with Crippen LogP contribution in [0.5, 0.6) is 11.5 Å². The number of hydrogen-bond donors (Lipinski definition) is 2. The van der Waals surface area contributed by atoms with Crippen molar-refractivity contribution in [3.05, 3.63) is 46.2 Å². The predicted octanol–water partition coefficient (Wildman–Crippen LogP) is 4.44. The summed E-state index contributed by atoms with van der Waals surface area (Å²) >= 11 is 1.66. The average molecular weight is 511 g/mol. The molecule has 5 nitrogen and oxygen atoms in total. The van der Waals surface area contributed by atoms with Crippen LogP contribution >= 0.6 is 35.3 Å². The second-order valence-corrected chi connectivity index (χ2v) is 6.40. The van der Waals surface area contributed by atoms with E-state index in [4.69, 9.17) is 4.74 Å². The fourth-order valence-corrected chi connectivity index (χ4v) is 3.14. The molecule has 2 N–H and O–H groups in total. The summed E-state index contributed by atoms with van der Waals surface area (Å²) in [5.74, 6) is 1.58. The number of aliphatic imine (C=N–C) groups is 1. The highest BCUT2D eigenvalue weighted by Gasteiger charge is 2.12. The van der Waals surface area contributed by atoms with Crippen molar-refractivity contribution in [2.75, 3.05) is 20.7 Å². The van der Waals surface area contributed by atoms with Gasteiger partial charge >= 0.3 is 6.61 Å². The molecule has 0 aliphatic carbocycles. The molecule has 27 heavy (non-hydrogen) atoms. The Bertz CT molecular complexity index is 715. The topological polar surface area (TPSA) is 54.9 Å². The van der Waals surface area contributed by atoms with Gasteiger partial charge in [0.15, 0.2) is 5.96 Å². The highest BCUT2D eigenvalue weighted by Crippen LogP contribution is 2.25. The zero-order chi connectivity index (χ0) is 18.9. The zero-order valence-electron chi connectivity index (χ0n) is 15.4. The van der Waals surface area contributed by atoms with Crippen molar-refractivity contribution < 1.29 is 18.3 Å². The van der Waals surface area contributed by atoms with E-state index in [1.807, 2.05) is 5.38 Å². The number of ether oxygens (including phenoxy) is 2. The highest BCUT2D eigenvalue weighted by molar-refractivity contribution is 14.0. The molecule has 0 saturated heterocycles. The number of methoxy groups -OCH3 is 1. The molecule has 150 valence electrons. The lowest BCUT2D eigenvalue weighted by Crippen LogP contribution is -2.38. The van der Waals surface area contributed by atoms with Gasteiger partial charge in [-0.2, -0.15) is 20.1 Å². The summed E-state index contributed by atoms with van der Waals surface area (Å²) in [6.45, 7) is 0.214. The number of rotatable bonds is 8. The Labute approximate surface area is 179 Å². The molecular weight excluding hydrogens is 487 g/mol. The largest absolute Gasteiger partial charge is 0.497 e. The fraction of sp³-hybridized carbons (Fsp3) is 0.389. The van der Waals surface area contributed by atoms with Gasteiger partial charge in [-0.15, -0.1) is 24.0 Å². The van der Waals surface area contributed by atoms with Crippen LogP contribution in [-0.4, -0.2) is 33.3 Å². The maximum absolute atomic E-state index is 12.6. The Balaban J connectivity index is 0.00000364. The Hall–Kier alpha value is -1.62. The lowest BCUT2D eigenvalue weighted by Gasteiger charge is -2.17. The minimum absolute atomic E-state index is 0. The summed E-state index contributed by atoms with van der Waals surface area (Å²) in [6.07, 6.45) is 0. The highest BCUT2D eigenvalue weighted by atomic mass is 127. The van der Waals surface area contributed by atoms with Crippen LogP contribution in [0.2, 0.25) is 0 Å². The van der Waals surface area contributed by atoms with Gasteiger partial charge in [-0.25, -0.2) is 0 Å². The van der Waals surface area contributed by atoms with Gasteiger partial charge < -0.3 is 20.1 Å². The van der Waals surface area contributed by atoms with E-state index in [9.17, 15) is 8.78 Å². The molecule has 0 amide bonds. The molecule has 0 spiro atoms. The number of guanidine groups is 1. The van der Waals surface area contributed by atoms with E-state index >= 15 is 0 Å². The van der Waals surface area contributed by atoms with E-state index in [-0.39, 0.29) is 36.3 Å². The predicted molar refractivity (Wildman–Crippen MR) is 116 cm³/mol. The van der Waals surface area contributed by atoms with E-state index in [0.717, 1.165) is 0 Å². The van der Waals surface area contributed by atoms with Crippen molar-refractivity contribution in [3.63, 3.8) is 0 Å². The quantitative estimate of drug-likeness (QED) is 0.313. The fourth-order valence-electron chi connectivity index (χ4n) is 2.35. The second kappa shape index (κ2) is 12.0. The maximum atomic E-state index is 12.6. The number of hydrogen-bond acceptors (Lipinski definition) is 4. The molecule has 0 bridgehead atoms. The molecule has 1 aromatic heterocycles. The summed E-state index contributed by atoms with van der Waals surface area (Å²) in [6, 6.07) is 6.80. The number of nitrogens with zero attached hydrogens (tertiary/aromatic N) is 1. The van der Waals surface area contributed by atoms with Gasteiger partial charge in [-0.1, -0.05) is 6.92 Å². The normalized spacial score (nSPS) is 12.3. The van der Waals surface area contributed by atoms with Crippen molar-refractivity contribution in [1.82, 2.24) is 10.6 Å². The monoisotopic (exact) mass is 511 g/mol. The molecule has 2 aromatic rings. The van der Waals surface area contributed by atoms with Gasteiger partial charge in [0.1, 0.15) is 11.5 Å². The molecule has 0 aliphatic rings. The lowest BCUT2D eigenvalue weighted by molar-refractivity contribution is -0.0504. The first-order valence-corrected chi connectivity index (χ1v) is 9.06. The summed E-state index contributed by atoms with van der Waals surface area (Å²) in [5, 5.41) is 10.5. The van der Waals surface area contributed by atoms with Gasteiger partial charge in [0.25, 0.3) is 0 Å². The van der Waals surface area contributed by atoms with E-state index in [0.29, 0.717) is 29.7 Å². The van der Waals surface area contributed by atoms with Crippen LogP contribution in [-0.2, 0) is 6.54 Å². The Morgan fingerprint density at radius 1 is 1.26 bits per heavy atom. The Kier molecular flexibility index (Phi) is 10.4. The van der Waals surface area contributed by atoms with Crippen LogP contribution in [0.4, 0.5) is 8.78 Å². The van der Waals surface area contributed by atoms with E-state index in [1.165, 1.54) is 18.7 Å². The number of alkyl halides is 2. The molecule has 0 saturated carbocycles. The Morgan fingerprint density at radius 2 is 2.04 bits per heavy atom. The van der Waals surface area contributed by atoms with Crippen LogP contribution in [0.3, 0.4) is 0 Å². The SMILES string of the molecule is CN=C(NCc1cc(OC)ccc1OC(F)F)NCC(C)c1ccsc1.I. The standard InChI is InChI=1S/C18H23F2N3O2S.HI/c1-12(13-6-7-26-11-13)9-22-18(21-2)23-10-14-8-15(24-3)4-5-16(14)25-17(19)20;/h4-8,11-12,17H,9-10H2,1-3H3,(H2,21,22,23);1H. The van der Waals surface area contributed by atoms with Gasteiger partial charge in [0, 0.05) is 25.7 Å². The molecule has 1 unspecified atom stereocenters. The summed E-state index contributed by atoms with van der Waals surface area (Å²) < 4.78 is 34.9. The first-order chi connectivity index (χ1) is 12.5. The van der Waals surface area contributed by atoms with Crippen LogP contribution in [0.1, 0.15) is 24.0 Å². The molecule has 1 aromatic carbocycles. The lowest BCUT2D eigenvalue weighted by atomic mass is 10.1. The van der Waals surface area contributed by atoms with Crippen LogP contribution in [0.25, 0.3) is 0 Å². The molecule has 9 heteroatoms. The zero-order valence-corrected chi connectivity index (χ0v) is 18.5. The number of thiophene rings is 1. The molecule has 0 fully saturated rings. The van der Waals surface area contributed by atoms with Crippen LogP contribution in [0.15, 0.2) is 40.0 Å². The third kappa shape index (κ3) is 7.49. The van der Waals surface area contributed by atoms with Gasteiger partial charge in [0.2, 0.25) is 0 Å². The van der Waals surface area contributed by atoms with Crippen molar-refractivity contribution in [3.8, 4) is 11.5 Å². The van der Waals surface area contributed by atoms with Crippen molar-refractivity contribution in [2.45, 2.75) is 26.0 Å². The molecule has 0 aliphatic heterocycles. The second-order valence-electron chi connectivity index (χ2n) is 5.62. The number of benzene rings is 1. The minimum atomic E-state index is -2.88. The first kappa shape index (κ1) is 23.4. The summed E-state index contributed by atoms with van der Waals surface area (Å²) in [5.41, 5.74) is 1.82.